The lowest BCUT2D eigenvalue weighted by Gasteiger charge is -2.10. The van der Waals surface area contributed by atoms with Gasteiger partial charge in [0, 0.05) is 39.9 Å². The number of hydrogen-bond acceptors (Lipinski definition) is 5. The maximum Gasteiger partial charge on any atom is 0.248 e. The van der Waals surface area contributed by atoms with Crippen molar-refractivity contribution < 1.29 is 23.5 Å². The molecule has 34 heavy (non-hydrogen) atoms. The van der Waals surface area contributed by atoms with Crippen LogP contribution >= 0.6 is 0 Å². The summed E-state index contributed by atoms with van der Waals surface area (Å²) in [6.07, 6.45) is 3.22. The third kappa shape index (κ3) is 4.71. The number of furan rings is 1. The van der Waals surface area contributed by atoms with Crippen LogP contribution in [0.3, 0.4) is 0 Å². The van der Waals surface area contributed by atoms with Gasteiger partial charge in [-0.15, -0.1) is 0 Å². The molecule has 0 aliphatic heterocycles. The predicted molar refractivity (Wildman–Crippen MR) is 133 cm³/mol. The van der Waals surface area contributed by atoms with E-state index in [1.165, 1.54) is 13.0 Å². The highest BCUT2D eigenvalue weighted by Gasteiger charge is 2.15. The number of methoxy groups -OCH3 is 2. The van der Waals surface area contributed by atoms with Crippen molar-refractivity contribution in [2.24, 2.45) is 0 Å². The summed E-state index contributed by atoms with van der Waals surface area (Å²) in [5.74, 6) is 1.01. The van der Waals surface area contributed by atoms with Crippen LogP contribution in [0.5, 0.6) is 11.5 Å². The van der Waals surface area contributed by atoms with Gasteiger partial charge in [-0.3, -0.25) is 9.59 Å². The number of carbonyl (C=O) groups excluding carboxylic acids is 2. The number of Topliss-reactive ketones (excluding diaryl/α,β-unsaturated/α-hetero) is 1. The van der Waals surface area contributed by atoms with Crippen LogP contribution in [0.2, 0.25) is 0 Å². The standard InChI is InChI=1S/C28H25NO5/c1-17(12-28(31)29-21-7-5-6-20(13-21)18(2)30)23-14-24-25(16-34-27(24)15-26(23)33-4)19-8-10-22(32-3)11-9-19/h5-16H,1-4H3,(H,29,31)/b17-12+. The number of rotatable bonds is 7. The molecule has 0 fully saturated rings. The van der Waals surface area contributed by atoms with Gasteiger partial charge in [-0.1, -0.05) is 24.3 Å². The number of anilines is 1. The van der Waals surface area contributed by atoms with Crippen molar-refractivity contribution in [3.63, 3.8) is 0 Å². The third-order valence-corrected chi connectivity index (χ3v) is 5.61. The second-order valence-corrected chi connectivity index (χ2v) is 7.88. The van der Waals surface area contributed by atoms with Crippen molar-refractivity contribution in [1.82, 2.24) is 0 Å². The first-order valence-electron chi connectivity index (χ1n) is 10.7. The van der Waals surface area contributed by atoms with Crippen molar-refractivity contribution in [3.8, 4) is 22.6 Å². The van der Waals surface area contributed by atoms with Gasteiger partial charge in [0.15, 0.2) is 5.78 Å². The SMILES string of the molecule is COc1ccc(-c2coc3cc(OC)c(/C(C)=C/C(=O)Nc4cccc(C(C)=O)c4)cc23)cc1. The third-order valence-electron chi connectivity index (χ3n) is 5.61. The van der Waals surface area contributed by atoms with E-state index in [2.05, 4.69) is 5.32 Å². The zero-order valence-electron chi connectivity index (χ0n) is 19.5. The highest BCUT2D eigenvalue weighted by atomic mass is 16.5. The molecule has 0 spiro atoms. The summed E-state index contributed by atoms with van der Waals surface area (Å²) in [6.45, 7) is 3.34. The number of nitrogens with one attached hydrogen (secondary N) is 1. The van der Waals surface area contributed by atoms with E-state index in [0.29, 0.717) is 22.6 Å². The molecular weight excluding hydrogens is 430 g/mol. The lowest BCUT2D eigenvalue weighted by molar-refractivity contribution is -0.111. The van der Waals surface area contributed by atoms with Gasteiger partial charge < -0.3 is 19.2 Å². The van der Waals surface area contributed by atoms with Gasteiger partial charge in [-0.25, -0.2) is 0 Å². The van der Waals surface area contributed by atoms with Gasteiger partial charge in [-0.2, -0.15) is 0 Å². The zero-order valence-corrected chi connectivity index (χ0v) is 19.5. The molecule has 0 bridgehead atoms. The second kappa shape index (κ2) is 9.67. The minimum Gasteiger partial charge on any atom is -0.497 e. The van der Waals surface area contributed by atoms with Crippen molar-refractivity contribution in [2.45, 2.75) is 13.8 Å². The van der Waals surface area contributed by atoms with Crippen LogP contribution in [0.4, 0.5) is 5.69 Å². The Hall–Kier alpha value is -4.32. The van der Waals surface area contributed by atoms with E-state index < -0.39 is 0 Å². The fraction of sp³-hybridized carbons (Fsp3) is 0.143. The lowest BCUT2D eigenvalue weighted by atomic mass is 9.99. The Kier molecular flexibility index (Phi) is 6.50. The summed E-state index contributed by atoms with van der Waals surface area (Å²) in [7, 11) is 3.21. The fourth-order valence-electron chi connectivity index (χ4n) is 3.79. The molecule has 6 nitrogen and oxygen atoms in total. The Morgan fingerprint density at radius 1 is 0.941 bits per heavy atom. The number of ketones is 1. The average Bonchev–Trinajstić information content (AvgIpc) is 3.26. The topological polar surface area (TPSA) is 77.8 Å². The minimum atomic E-state index is -0.303. The highest BCUT2D eigenvalue weighted by molar-refractivity contribution is 6.06. The number of hydrogen-bond donors (Lipinski definition) is 1. The van der Waals surface area contributed by atoms with Gasteiger partial charge >= 0.3 is 0 Å². The van der Waals surface area contributed by atoms with Crippen molar-refractivity contribution in [1.29, 1.82) is 0 Å². The first kappa shape index (κ1) is 22.9. The fourth-order valence-corrected chi connectivity index (χ4v) is 3.79. The van der Waals surface area contributed by atoms with Crippen LogP contribution in [0, 0.1) is 0 Å². The highest BCUT2D eigenvalue weighted by Crippen LogP contribution is 2.37. The molecule has 1 amide bonds. The number of allylic oxidation sites excluding steroid dienone is 1. The number of fused-ring (bicyclic) bond motifs is 1. The quantitative estimate of drug-likeness (QED) is 0.259. The van der Waals surface area contributed by atoms with Gasteiger partial charge in [0.2, 0.25) is 5.91 Å². The van der Waals surface area contributed by atoms with Crippen LogP contribution in [-0.4, -0.2) is 25.9 Å². The average molecular weight is 456 g/mol. The summed E-state index contributed by atoms with van der Waals surface area (Å²) >= 11 is 0. The smallest absolute Gasteiger partial charge is 0.248 e. The lowest BCUT2D eigenvalue weighted by Crippen LogP contribution is -2.09. The van der Waals surface area contributed by atoms with E-state index in [9.17, 15) is 9.59 Å². The van der Waals surface area contributed by atoms with Crippen LogP contribution in [-0.2, 0) is 4.79 Å². The Morgan fingerprint density at radius 2 is 1.71 bits per heavy atom. The normalized spacial score (nSPS) is 11.4. The maximum absolute atomic E-state index is 12.7. The van der Waals surface area contributed by atoms with Gasteiger partial charge in [-0.05, 0) is 55.3 Å². The van der Waals surface area contributed by atoms with Crippen LogP contribution in [0.1, 0.15) is 29.8 Å². The largest absolute Gasteiger partial charge is 0.497 e. The molecule has 4 aromatic rings. The molecule has 172 valence electrons. The van der Waals surface area contributed by atoms with Crippen molar-refractivity contribution in [2.75, 3.05) is 19.5 Å². The molecule has 0 radical (unpaired) electrons. The number of carbonyl (C=O) groups is 2. The van der Waals surface area contributed by atoms with Crippen LogP contribution < -0.4 is 14.8 Å². The number of benzene rings is 3. The molecule has 1 heterocycles. The summed E-state index contributed by atoms with van der Waals surface area (Å²) in [4.78, 5) is 24.3. The molecule has 0 saturated heterocycles. The zero-order chi connectivity index (χ0) is 24.2. The first-order valence-corrected chi connectivity index (χ1v) is 10.7. The molecule has 0 saturated carbocycles. The van der Waals surface area contributed by atoms with E-state index >= 15 is 0 Å². The molecule has 0 atom stereocenters. The first-order chi connectivity index (χ1) is 16.4. The summed E-state index contributed by atoms with van der Waals surface area (Å²) in [5.41, 5.74) is 5.20. The van der Waals surface area contributed by atoms with Crippen molar-refractivity contribution >= 4 is 33.9 Å². The molecule has 1 N–H and O–H groups in total. The van der Waals surface area contributed by atoms with Crippen LogP contribution in [0.25, 0.3) is 27.7 Å². The van der Waals surface area contributed by atoms with Crippen molar-refractivity contribution in [3.05, 3.63) is 84.1 Å². The summed E-state index contributed by atoms with van der Waals surface area (Å²) < 4.78 is 16.6. The molecule has 6 heteroatoms. The summed E-state index contributed by atoms with van der Waals surface area (Å²) in [6, 6.07) is 18.4. The van der Waals surface area contributed by atoms with Crippen LogP contribution in [0.15, 0.2) is 77.4 Å². The van der Waals surface area contributed by atoms with E-state index in [-0.39, 0.29) is 11.7 Å². The Balaban J connectivity index is 1.67. The Morgan fingerprint density at radius 3 is 2.38 bits per heavy atom. The van der Waals surface area contributed by atoms with E-state index in [0.717, 1.165) is 33.4 Å². The van der Waals surface area contributed by atoms with Gasteiger partial charge in [0.1, 0.15) is 17.1 Å². The molecule has 0 aliphatic rings. The monoisotopic (exact) mass is 455 g/mol. The van der Waals surface area contributed by atoms with E-state index in [1.807, 2.05) is 43.3 Å². The van der Waals surface area contributed by atoms with E-state index in [4.69, 9.17) is 13.9 Å². The molecule has 0 unspecified atom stereocenters. The summed E-state index contributed by atoms with van der Waals surface area (Å²) in [5, 5.41) is 3.72. The predicted octanol–water partition coefficient (Wildman–Crippen LogP) is 6.36. The van der Waals surface area contributed by atoms with E-state index in [1.54, 1.807) is 44.7 Å². The Bertz CT molecular complexity index is 1400. The molecular formula is C28H25NO5. The molecule has 0 aliphatic carbocycles. The minimum absolute atomic E-state index is 0.0614. The number of amides is 1. The number of ether oxygens (including phenoxy) is 2. The second-order valence-electron chi connectivity index (χ2n) is 7.88. The van der Waals surface area contributed by atoms with Gasteiger partial charge in [0.25, 0.3) is 0 Å². The Labute approximate surface area is 197 Å². The maximum atomic E-state index is 12.7. The molecule has 1 aromatic heterocycles. The molecule has 3 aromatic carbocycles. The molecule has 4 rings (SSSR count). The van der Waals surface area contributed by atoms with Gasteiger partial charge in [0.05, 0.1) is 20.5 Å².